The molecule has 1 heterocycles. The predicted octanol–water partition coefficient (Wildman–Crippen LogP) is 4.30. The van der Waals surface area contributed by atoms with Crippen LogP contribution in [0.5, 0.6) is 0 Å². The Bertz CT molecular complexity index is 807. The van der Waals surface area contributed by atoms with Crippen molar-refractivity contribution in [3.8, 4) is 0 Å². The molecule has 6 heteroatoms. The Balaban J connectivity index is 1.88. The molecule has 4 nitrogen and oxygen atoms in total. The van der Waals surface area contributed by atoms with Crippen LogP contribution < -0.4 is 10.2 Å². The molecule has 0 spiro atoms. The Morgan fingerprint density at radius 3 is 2.62 bits per heavy atom. The maximum atomic E-state index is 12.8. The number of benzene rings is 2. The van der Waals surface area contributed by atoms with Crippen LogP contribution >= 0.6 is 23.2 Å². The van der Waals surface area contributed by atoms with Crippen LogP contribution in [0.25, 0.3) is 0 Å². The predicted molar refractivity (Wildman–Crippen MR) is 96.8 cm³/mol. The molecule has 0 saturated carbocycles. The Morgan fingerprint density at radius 2 is 1.88 bits per heavy atom. The van der Waals surface area contributed by atoms with E-state index in [-0.39, 0.29) is 18.2 Å². The molecule has 0 radical (unpaired) electrons. The van der Waals surface area contributed by atoms with Gasteiger partial charge in [-0.15, -0.1) is 0 Å². The van der Waals surface area contributed by atoms with Crippen LogP contribution in [-0.4, -0.2) is 17.9 Å². The lowest BCUT2D eigenvalue weighted by Gasteiger charge is -2.19. The molecular formula is C18H16Cl2N2O2. The van der Waals surface area contributed by atoms with Crippen LogP contribution in [0.1, 0.15) is 18.9 Å². The molecule has 1 aliphatic rings. The van der Waals surface area contributed by atoms with E-state index < -0.39 is 6.04 Å². The number of carbonyl (C=O) groups excluding carboxylic acids is 2. The Morgan fingerprint density at radius 1 is 1.12 bits per heavy atom. The summed E-state index contributed by atoms with van der Waals surface area (Å²) in [6.45, 7) is 1.99. The van der Waals surface area contributed by atoms with Crippen LogP contribution in [-0.2, 0) is 16.0 Å². The summed E-state index contributed by atoms with van der Waals surface area (Å²) >= 11 is 12.1. The lowest BCUT2D eigenvalue weighted by molar-refractivity contribution is -0.121. The van der Waals surface area contributed by atoms with E-state index in [1.807, 2.05) is 25.1 Å². The van der Waals surface area contributed by atoms with Crippen molar-refractivity contribution in [2.45, 2.75) is 25.8 Å². The van der Waals surface area contributed by atoms with Crippen LogP contribution in [0.2, 0.25) is 10.0 Å². The molecule has 1 aliphatic heterocycles. The SMILES string of the molecule is CCc1ccccc1N1C(=O)C[C@H](Nc2cccc(Cl)c2Cl)C1=O. The average molecular weight is 363 g/mol. The molecule has 2 aromatic carbocycles. The van der Waals surface area contributed by atoms with Gasteiger partial charge in [0.25, 0.3) is 5.91 Å². The molecule has 0 unspecified atom stereocenters. The molecule has 1 atom stereocenters. The maximum Gasteiger partial charge on any atom is 0.256 e. The molecule has 1 N–H and O–H groups in total. The minimum atomic E-state index is -0.654. The first kappa shape index (κ1) is 16.8. The summed E-state index contributed by atoms with van der Waals surface area (Å²) in [4.78, 5) is 26.4. The first-order chi connectivity index (χ1) is 11.5. The molecule has 124 valence electrons. The number of carbonyl (C=O) groups is 2. The van der Waals surface area contributed by atoms with E-state index in [1.54, 1.807) is 24.3 Å². The summed E-state index contributed by atoms with van der Waals surface area (Å²) in [5, 5.41) is 3.77. The third kappa shape index (κ3) is 2.99. The summed E-state index contributed by atoms with van der Waals surface area (Å²) in [5.74, 6) is -0.506. The van der Waals surface area contributed by atoms with Gasteiger partial charge in [-0.3, -0.25) is 9.59 Å². The highest BCUT2D eigenvalue weighted by molar-refractivity contribution is 6.43. The highest BCUT2D eigenvalue weighted by Gasteiger charge is 2.40. The number of para-hydroxylation sites is 1. The number of anilines is 2. The zero-order valence-corrected chi connectivity index (χ0v) is 14.6. The molecule has 0 aliphatic carbocycles. The molecule has 1 saturated heterocycles. The monoisotopic (exact) mass is 362 g/mol. The van der Waals surface area contributed by atoms with Gasteiger partial charge >= 0.3 is 0 Å². The summed E-state index contributed by atoms with van der Waals surface area (Å²) < 4.78 is 0. The second-order valence-corrected chi connectivity index (χ2v) is 6.34. The minimum absolute atomic E-state index is 0.0831. The smallest absolute Gasteiger partial charge is 0.256 e. The van der Waals surface area contributed by atoms with Crippen molar-refractivity contribution in [3.05, 3.63) is 58.1 Å². The van der Waals surface area contributed by atoms with E-state index in [4.69, 9.17) is 23.2 Å². The van der Waals surface area contributed by atoms with Gasteiger partial charge < -0.3 is 5.32 Å². The van der Waals surface area contributed by atoms with Crippen LogP contribution in [0.4, 0.5) is 11.4 Å². The summed E-state index contributed by atoms with van der Waals surface area (Å²) in [6.07, 6.45) is 0.825. The second kappa shape index (κ2) is 6.83. The molecule has 3 rings (SSSR count). The van der Waals surface area contributed by atoms with Crippen molar-refractivity contribution in [3.63, 3.8) is 0 Å². The molecule has 1 fully saturated rings. The molecule has 24 heavy (non-hydrogen) atoms. The normalized spacial score (nSPS) is 17.5. The number of halogens is 2. The van der Waals surface area contributed by atoms with Gasteiger partial charge in [0.15, 0.2) is 0 Å². The van der Waals surface area contributed by atoms with Gasteiger partial charge in [-0.05, 0) is 30.2 Å². The van der Waals surface area contributed by atoms with Gasteiger partial charge in [-0.25, -0.2) is 4.90 Å². The van der Waals surface area contributed by atoms with Crippen molar-refractivity contribution in [2.75, 3.05) is 10.2 Å². The number of aryl methyl sites for hydroxylation is 1. The minimum Gasteiger partial charge on any atom is -0.372 e. The fourth-order valence-corrected chi connectivity index (χ4v) is 3.18. The first-order valence-corrected chi connectivity index (χ1v) is 8.43. The Labute approximate surface area is 150 Å². The van der Waals surface area contributed by atoms with Gasteiger partial charge in [0, 0.05) is 0 Å². The second-order valence-electron chi connectivity index (χ2n) is 5.55. The lowest BCUT2D eigenvalue weighted by Crippen LogP contribution is -2.35. The maximum absolute atomic E-state index is 12.8. The standard InChI is InChI=1S/C18H16Cl2N2O2/c1-2-11-6-3-4-9-15(11)22-16(23)10-14(18(22)24)21-13-8-5-7-12(19)17(13)20/h3-9,14,21H,2,10H2,1H3/t14-/m0/s1. The van der Waals surface area contributed by atoms with Crippen molar-refractivity contribution in [2.24, 2.45) is 0 Å². The van der Waals surface area contributed by atoms with Crippen molar-refractivity contribution >= 4 is 46.4 Å². The zero-order chi connectivity index (χ0) is 17.3. The van der Waals surface area contributed by atoms with E-state index in [0.29, 0.717) is 21.4 Å². The Kier molecular flexibility index (Phi) is 4.78. The molecule has 2 amide bonds. The zero-order valence-electron chi connectivity index (χ0n) is 13.1. The lowest BCUT2D eigenvalue weighted by atomic mass is 10.1. The third-order valence-corrected chi connectivity index (χ3v) is 4.86. The Hall–Kier alpha value is -2.04. The summed E-state index contributed by atoms with van der Waals surface area (Å²) in [7, 11) is 0. The van der Waals surface area contributed by atoms with Crippen molar-refractivity contribution in [1.82, 2.24) is 0 Å². The van der Waals surface area contributed by atoms with Gasteiger partial charge in [0.05, 0.1) is 27.8 Å². The number of rotatable bonds is 4. The van der Waals surface area contributed by atoms with E-state index in [0.717, 1.165) is 12.0 Å². The number of hydrogen-bond donors (Lipinski definition) is 1. The van der Waals surface area contributed by atoms with Crippen LogP contribution in [0.3, 0.4) is 0 Å². The fourth-order valence-electron chi connectivity index (χ4n) is 2.83. The number of nitrogens with one attached hydrogen (secondary N) is 1. The topological polar surface area (TPSA) is 49.4 Å². The van der Waals surface area contributed by atoms with Gasteiger partial charge in [0.1, 0.15) is 6.04 Å². The summed E-state index contributed by atoms with van der Waals surface area (Å²) in [5.41, 5.74) is 2.15. The van der Waals surface area contributed by atoms with Crippen LogP contribution in [0.15, 0.2) is 42.5 Å². The van der Waals surface area contributed by atoms with Gasteiger partial charge in [0.2, 0.25) is 5.91 Å². The molecular weight excluding hydrogens is 347 g/mol. The quantitative estimate of drug-likeness (QED) is 0.824. The highest BCUT2D eigenvalue weighted by atomic mass is 35.5. The number of nitrogens with zero attached hydrogens (tertiary/aromatic N) is 1. The van der Waals surface area contributed by atoms with Crippen molar-refractivity contribution < 1.29 is 9.59 Å². The number of hydrogen-bond acceptors (Lipinski definition) is 3. The van der Waals surface area contributed by atoms with Crippen LogP contribution in [0, 0.1) is 0 Å². The third-order valence-electron chi connectivity index (χ3n) is 4.04. The van der Waals surface area contributed by atoms with Crippen molar-refractivity contribution in [1.29, 1.82) is 0 Å². The van der Waals surface area contributed by atoms with E-state index in [2.05, 4.69) is 5.32 Å². The molecule has 0 bridgehead atoms. The number of imide groups is 1. The van der Waals surface area contributed by atoms with Gasteiger partial charge in [-0.2, -0.15) is 0 Å². The summed E-state index contributed by atoms with van der Waals surface area (Å²) in [6, 6.07) is 11.9. The number of amides is 2. The van der Waals surface area contributed by atoms with E-state index >= 15 is 0 Å². The first-order valence-electron chi connectivity index (χ1n) is 7.68. The average Bonchev–Trinajstić information content (AvgIpc) is 2.85. The van der Waals surface area contributed by atoms with E-state index in [9.17, 15) is 9.59 Å². The highest BCUT2D eigenvalue weighted by Crippen LogP contribution is 2.33. The van der Waals surface area contributed by atoms with E-state index in [1.165, 1.54) is 4.90 Å². The largest absolute Gasteiger partial charge is 0.372 e. The fraction of sp³-hybridized carbons (Fsp3) is 0.222. The molecule has 2 aromatic rings. The molecule has 0 aromatic heterocycles. The van der Waals surface area contributed by atoms with Gasteiger partial charge in [-0.1, -0.05) is 54.4 Å².